The van der Waals surface area contributed by atoms with Crippen LogP contribution in [0, 0.1) is 5.92 Å². The topological polar surface area (TPSA) is 86.6 Å². The molecule has 3 N–H and O–H groups in total. The Bertz CT molecular complexity index is 333. The van der Waals surface area contributed by atoms with Gasteiger partial charge in [-0.05, 0) is 31.6 Å². The molecule has 2 rings (SSSR count). The van der Waals surface area contributed by atoms with E-state index in [1.165, 1.54) is 12.8 Å². The Morgan fingerprint density at radius 2 is 1.53 bits per heavy atom. The van der Waals surface area contributed by atoms with E-state index in [0.717, 1.165) is 12.8 Å². The van der Waals surface area contributed by atoms with Crippen molar-refractivity contribution in [3.63, 3.8) is 0 Å². The van der Waals surface area contributed by atoms with Gasteiger partial charge < -0.3 is 15.5 Å². The Morgan fingerprint density at radius 3 is 1.84 bits per heavy atom. The summed E-state index contributed by atoms with van der Waals surface area (Å²) in [6, 6.07) is 1.24. The summed E-state index contributed by atoms with van der Waals surface area (Å²) >= 11 is 0. The summed E-state index contributed by atoms with van der Waals surface area (Å²) in [5.74, 6) is -2.96. The molecule has 0 aliphatic carbocycles. The summed E-state index contributed by atoms with van der Waals surface area (Å²) in [4.78, 5) is 19.4. The van der Waals surface area contributed by atoms with Crippen LogP contribution in [0.15, 0.2) is 0 Å². The number of carbonyl (C=O) groups is 2. The van der Waals surface area contributed by atoms with Crippen molar-refractivity contribution in [2.24, 2.45) is 5.92 Å². The van der Waals surface area contributed by atoms with E-state index >= 15 is 0 Å². The lowest BCUT2D eigenvalue weighted by Gasteiger charge is -2.27. The highest BCUT2D eigenvalue weighted by Gasteiger charge is 2.38. The summed E-state index contributed by atoms with van der Waals surface area (Å²) in [6.07, 6.45) is -0.0676. The van der Waals surface area contributed by atoms with Gasteiger partial charge >= 0.3 is 18.1 Å². The zero-order valence-corrected chi connectivity index (χ0v) is 10.1. The quantitative estimate of drug-likeness (QED) is 0.717. The van der Waals surface area contributed by atoms with Gasteiger partial charge in [0.25, 0.3) is 0 Å². The first-order valence-corrected chi connectivity index (χ1v) is 5.96. The number of hydrogen-bond donors (Lipinski definition) is 3. The van der Waals surface area contributed by atoms with Gasteiger partial charge in [0, 0.05) is 18.5 Å². The standard InChI is InChI=1S/C9H15NO2.C2HF3O2/c11-9(12)5-6-3-7-1-2-8(4-6)10-7;3-2(4,5)1(6)7/h6-8,10H,1-5H2,(H,11,12);(H,6,7). The summed E-state index contributed by atoms with van der Waals surface area (Å²) < 4.78 is 31.7. The van der Waals surface area contributed by atoms with E-state index in [4.69, 9.17) is 15.0 Å². The highest BCUT2D eigenvalue weighted by Crippen LogP contribution is 2.32. The SMILES string of the molecule is O=C(O)C(F)(F)F.O=C(O)CC1CC2CCC(C1)N2. The minimum atomic E-state index is -5.08. The molecule has 0 aromatic carbocycles. The lowest BCUT2D eigenvalue weighted by Crippen LogP contribution is -2.38. The fourth-order valence-corrected chi connectivity index (χ4v) is 2.59. The summed E-state index contributed by atoms with van der Waals surface area (Å²) in [5, 5.41) is 19.3. The van der Waals surface area contributed by atoms with Crippen LogP contribution in [-0.2, 0) is 9.59 Å². The van der Waals surface area contributed by atoms with Crippen LogP contribution in [0.2, 0.25) is 0 Å². The number of carboxylic acids is 2. The van der Waals surface area contributed by atoms with Gasteiger partial charge in [-0.3, -0.25) is 4.79 Å². The third-order valence-electron chi connectivity index (χ3n) is 3.28. The van der Waals surface area contributed by atoms with Crippen molar-refractivity contribution in [1.82, 2.24) is 5.32 Å². The molecule has 5 nitrogen and oxygen atoms in total. The number of halogens is 3. The van der Waals surface area contributed by atoms with Crippen LogP contribution in [0.4, 0.5) is 13.2 Å². The van der Waals surface area contributed by atoms with Crippen LogP contribution in [0.3, 0.4) is 0 Å². The first-order valence-electron chi connectivity index (χ1n) is 5.96. The zero-order valence-electron chi connectivity index (χ0n) is 10.1. The summed E-state index contributed by atoms with van der Waals surface area (Å²) in [5.41, 5.74) is 0. The van der Waals surface area contributed by atoms with Crippen LogP contribution in [0.5, 0.6) is 0 Å². The Kier molecular flexibility index (Phi) is 5.16. The van der Waals surface area contributed by atoms with Crippen LogP contribution < -0.4 is 5.32 Å². The predicted octanol–water partition coefficient (Wildman–Crippen LogP) is 1.62. The lowest BCUT2D eigenvalue weighted by molar-refractivity contribution is -0.192. The molecule has 0 aromatic rings. The normalized spacial score (nSPS) is 29.3. The average molecular weight is 283 g/mol. The predicted molar refractivity (Wildman–Crippen MR) is 58.6 cm³/mol. The first-order chi connectivity index (χ1) is 8.68. The van der Waals surface area contributed by atoms with Crippen molar-refractivity contribution >= 4 is 11.9 Å². The van der Waals surface area contributed by atoms with Crippen LogP contribution in [-0.4, -0.2) is 40.4 Å². The lowest BCUT2D eigenvalue weighted by atomic mass is 9.90. The molecule has 2 unspecified atom stereocenters. The van der Waals surface area contributed by atoms with Gasteiger partial charge in [0.1, 0.15) is 0 Å². The maximum atomic E-state index is 10.6. The van der Waals surface area contributed by atoms with Gasteiger partial charge in [0.2, 0.25) is 0 Å². The molecular weight excluding hydrogens is 267 g/mol. The third kappa shape index (κ3) is 5.46. The molecule has 0 aromatic heterocycles. The molecule has 2 fully saturated rings. The minimum Gasteiger partial charge on any atom is -0.481 e. The molecular formula is C11H16F3NO4. The van der Waals surface area contributed by atoms with Gasteiger partial charge in [0.05, 0.1) is 0 Å². The van der Waals surface area contributed by atoms with Crippen molar-refractivity contribution < 1.29 is 33.0 Å². The van der Waals surface area contributed by atoms with E-state index in [2.05, 4.69) is 5.32 Å². The molecule has 2 bridgehead atoms. The Hall–Kier alpha value is -1.31. The third-order valence-corrected chi connectivity index (χ3v) is 3.28. The second-order valence-electron chi connectivity index (χ2n) is 4.88. The Morgan fingerprint density at radius 1 is 1.11 bits per heavy atom. The summed E-state index contributed by atoms with van der Waals surface area (Å²) in [6.45, 7) is 0. The van der Waals surface area contributed by atoms with Crippen molar-refractivity contribution in [1.29, 1.82) is 0 Å². The van der Waals surface area contributed by atoms with E-state index in [1.807, 2.05) is 0 Å². The van der Waals surface area contributed by atoms with E-state index < -0.39 is 18.1 Å². The fourth-order valence-electron chi connectivity index (χ4n) is 2.59. The zero-order chi connectivity index (χ0) is 14.6. The van der Waals surface area contributed by atoms with E-state index in [1.54, 1.807) is 0 Å². The monoisotopic (exact) mass is 283 g/mol. The summed E-state index contributed by atoms with van der Waals surface area (Å²) in [7, 11) is 0. The van der Waals surface area contributed by atoms with Crippen molar-refractivity contribution in [3.8, 4) is 0 Å². The number of carboxylic acid groups (broad SMARTS) is 2. The van der Waals surface area contributed by atoms with Gasteiger partial charge in [-0.15, -0.1) is 0 Å². The molecule has 19 heavy (non-hydrogen) atoms. The Labute approximate surface area is 107 Å². The molecule has 110 valence electrons. The fraction of sp³-hybridized carbons (Fsp3) is 0.818. The van der Waals surface area contributed by atoms with E-state index in [-0.39, 0.29) is 0 Å². The van der Waals surface area contributed by atoms with Crippen molar-refractivity contribution in [3.05, 3.63) is 0 Å². The van der Waals surface area contributed by atoms with Gasteiger partial charge in [-0.2, -0.15) is 13.2 Å². The molecule has 2 aliphatic heterocycles. The molecule has 2 heterocycles. The van der Waals surface area contributed by atoms with Gasteiger partial charge in [-0.25, -0.2) is 4.79 Å². The maximum absolute atomic E-state index is 10.6. The molecule has 8 heteroatoms. The van der Waals surface area contributed by atoms with Crippen LogP contribution in [0.1, 0.15) is 32.1 Å². The van der Waals surface area contributed by atoms with E-state index in [0.29, 0.717) is 24.4 Å². The van der Waals surface area contributed by atoms with Crippen LogP contribution >= 0.6 is 0 Å². The van der Waals surface area contributed by atoms with Gasteiger partial charge in [0.15, 0.2) is 0 Å². The second-order valence-corrected chi connectivity index (χ2v) is 4.88. The highest BCUT2D eigenvalue weighted by molar-refractivity contribution is 5.73. The number of alkyl halides is 3. The molecule has 2 atom stereocenters. The molecule has 2 saturated heterocycles. The largest absolute Gasteiger partial charge is 0.490 e. The molecule has 0 radical (unpaired) electrons. The van der Waals surface area contributed by atoms with E-state index in [9.17, 15) is 18.0 Å². The Balaban J connectivity index is 0.000000224. The number of fused-ring (bicyclic) bond motifs is 2. The number of aliphatic carboxylic acids is 2. The first kappa shape index (κ1) is 15.7. The molecule has 0 spiro atoms. The second kappa shape index (κ2) is 6.23. The maximum Gasteiger partial charge on any atom is 0.490 e. The molecule has 0 saturated carbocycles. The average Bonchev–Trinajstić information content (AvgIpc) is 2.56. The highest BCUT2D eigenvalue weighted by atomic mass is 19.4. The molecule has 0 amide bonds. The smallest absolute Gasteiger partial charge is 0.481 e. The van der Waals surface area contributed by atoms with Gasteiger partial charge in [-0.1, -0.05) is 0 Å². The molecule has 2 aliphatic rings. The number of hydrogen-bond acceptors (Lipinski definition) is 3. The van der Waals surface area contributed by atoms with Crippen LogP contribution in [0.25, 0.3) is 0 Å². The number of piperidine rings is 1. The minimum absolute atomic E-state index is 0.370. The van der Waals surface area contributed by atoms with Crippen molar-refractivity contribution in [2.75, 3.05) is 0 Å². The van der Waals surface area contributed by atoms with Crippen molar-refractivity contribution in [2.45, 2.75) is 50.4 Å². The number of nitrogens with one attached hydrogen (secondary N) is 1. The number of rotatable bonds is 2.